The SMILES string of the molecule is Cc1nccc(N2CCC3(CC2)CN(CCCN2CC[C@H](N(C)C)C2)C(=O)O3)n1. The molecule has 1 aromatic rings. The van der Waals surface area contributed by atoms with E-state index in [0.717, 1.165) is 76.7 Å². The van der Waals surface area contributed by atoms with Crippen molar-refractivity contribution in [3.63, 3.8) is 0 Å². The third-order valence-corrected chi connectivity index (χ3v) is 6.68. The molecule has 3 aliphatic rings. The quantitative estimate of drug-likeness (QED) is 0.716. The van der Waals surface area contributed by atoms with Crippen molar-refractivity contribution in [3.8, 4) is 0 Å². The molecule has 3 aliphatic heterocycles. The molecule has 4 rings (SSSR count). The largest absolute Gasteiger partial charge is 0.441 e. The van der Waals surface area contributed by atoms with Gasteiger partial charge in [-0.15, -0.1) is 0 Å². The van der Waals surface area contributed by atoms with E-state index in [9.17, 15) is 4.79 Å². The van der Waals surface area contributed by atoms with E-state index in [2.05, 4.69) is 38.8 Å². The van der Waals surface area contributed by atoms with Crippen molar-refractivity contribution >= 4 is 11.9 Å². The normalized spacial score (nSPS) is 24.7. The molecule has 29 heavy (non-hydrogen) atoms. The first-order chi connectivity index (χ1) is 13.9. The highest BCUT2D eigenvalue weighted by atomic mass is 16.6. The minimum Gasteiger partial charge on any atom is -0.441 e. The van der Waals surface area contributed by atoms with Crippen molar-refractivity contribution in [2.75, 3.05) is 64.8 Å². The summed E-state index contributed by atoms with van der Waals surface area (Å²) in [4.78, 5) is 30.2. The molecule has 0 unspecified atom stereocenters. The lowest BCUT2D eigenvalue weighted by molar-refractivity contribution is 0.0366. The summed E-state index contributed by atoms with van der Waals surface area (Å²) in [6.07, 6.45) is 5.63. The first kappa shape index (κ1) is 20.3. The van der Waals surface area contributed by atoms with E-state index in [0.29, 0.717) is 6.04 Å². The van der Waals surface area contributed by atoms with Crippen molar-refractivity contribution in [3.05, 3.63) is 18.1 Å². The summed E-state index contributed by atoms with van der Waals surface area (Å²) in [5.41, 5.74) is -0.320. The molecule has 3 fully saturated rings. The summed E-state index contributed by atoms with van der Waals surface area (Å²) in [5.74, 6) is 1.76. The van der Waals surface area contributed by atoms with E-state index in [4.69, 9.17) is 4.74 Å². The molecule has 1 amide bonds. The number of hydrogen-bond acceptors (Lipinski definition) is 7. The Kier molecular flexibility index (Phi) is 5.92. The van der Waals surface area contributed by atoms with Crippen LogP contribution >= 0.6 is 0 Å². The molecule has 3 saturated heterocycles. The van der Waals surface area contributed by atoms with Gasteiger partial charge in [-0.1, -0.05) is 0 Å². The number of carbonyl (C=O) groups is 1. The second-order valence-corrected chi connectivity index (χ2v) is 8.98. The molecule has 0 radical (unpaired) electrons. The first-order valence-electron chi connectivity index (χ1n) is 10.9. The van der Waals surface area contributed by atoms with Gasteiger partial charge in [-0.2, -0.15) is 0 Å². The minimum absolute atomic E-state index is 0.135. The van der Waals surface area contributed by atoms with E-state index in [1.54, 1.807) is 6.20 Å². The van der Waals surface area contributed by atoms with Crippen LogP contribution in [0, 0.1) is 6.92 Å². The average molecular weight is 403 g/mol. The lowest BCUT2D eigenvalue weighted by Crippen LogP contribution is -2.47. The van der Waals surface area contributed by atoms with Gasteiger partial charge in [0.1, 0.15) is 17.2 Å². The predicted octanol–water partition coefficient (Wildman–Crippen LogP) is 1.60. The second-order valence-electron chi connectivity index (χ2n) is 8.98. The number of amides is 1. The van der Waals surface area contributed by atoms with Gasteiger partial charge in [0.05, 0.1) is 6.54 Å². The Morgan fingerprint density at radius 2 is 2.03 bits per heavy atom. The number of anilines is 1. The molecule has 1 aromatic heterocycles. The maximum absolute atomic E-state index is 12.5. The second kappa shape index (κ2) is 8.44. The van der Waals surface area contributed by atoms with Crippen molar-refractivity contribution in [1.29, 1.82) is 0 Å². The van der Waals surface area contributed by atoms with E-state index < -0.39 is 0 Å². The van der Waals surface area contributed by atoms with Gasteiger partial charge in [0.15, 0.2) is 0 Å². The van der Waals surface area contributed by atoms with Crippen LogP contribution in [-0.4, -0.2) is 102 Å². The number of ether oxygens (including phenoxy) is 1. The van der Waals surface area contributed by atoms with Crippen LogP contribution in [0.15, 0.2) is 12.3 Å². The van der Waals surface area contributed by atoms with Gasteiger partial charge < -0.3 is 24.3 Å². The standard InChI is InChI=1S/C21H34N6O2/c1-17-22-9-5-19(23-17)26-13-7-21(8-14-26)16-27(20(28)29-21)11-4-10-25-12-6-18(15-25)24(2)3/h5,9,18H,4,6-8,10-16H2,1-3H3/t18-/m0/s1. The fraction of sp³-hybridized carbons (Fsp3) is 0.762. The van der Waals surface area contributed by atoms with Crippen LogP contribution < -0.4 is 4.90 Å². The van der Waals surface area contributed by atoms with Crippen molar-refractivity contribution in [1.82, 2.24) is 24.7 Å². The van der Waals surface area contributed by atoms with Gasteiger partial charge in [-0.25, -0.2) is 14.8 Å². The monoisotopic (exact) mass is 402 g/mol. The van der Waals surface area contributed by atoms with Crippen LogP contribution in [-0.2, 0) is 4.74 Å². The molecular weight excluding hydrogens is 368 g/mol. The smallest absolute Gasteiger partial charge is 0.410 e. The Hall–Kier alpha value is -1.93. The zero-order valence-electron chi connectivity index (χ0n) is 18.0. The molecule has 0 aliphatic carbocycles. The van der Waals surface area contributed by atoms with Crippen LogP contribution in [0.3, 0.4) is 0 Å². The number of aromatic nitrogens is 2. The molecule has 0 saturated carbocycles. The maximum atomic E-state index is 12.5. The highest BCUT2D eigenvalue weighted by molar-refractivity contribution is 5.70. The molecule has 0 bridgehead atoms. The molecule has 1 atom stereocenters. The molecule has 4 heterocycles. The molecule has 8 heteroatoms. The Morgan fingerprint density at radius 1 is 1.24 bits per heavy atom. The molecule has 160 valence electrons. The zero-order chi connectivity index (χ0) is 20.4. The Labute approximate surface area is 173 Å². The van der Waals surface area contributed by atoms with Crippen molar-refractivity contribution < 1.29 is 9.53 Å². The fourth-order valence-corrected chi connectivity index (χ4v) is 4.81. The summed E-state index contributed by atoms with van der Waals surface area (Å²) >= 11 is 0. The molecule has 8 nitrogen and oxygen atoms in total. The third kappa shape index (κ3) is 4.64. The molecule has 1 spiro atoms. The van der Waals surface area contributed by atoms with Crippen LogP contribution in [0.25, 0.3) is 0 Å². The molecular formula is C21H34N6O2. The van der Waals surface area contributed by atoms with Gasteiger partial charge in [0.2, 0.25) is 0 Å². The zero-order valence-corrected chi connectivity index (χ0v) is 18.0. The van der Waals surface area contributed by atoms with Gasteiger partial charge in [-0.05, 0) is 53.0 Å². The van der Waals surface area contributed by atoms with Crippen LogP contribution in [0.1, 0.15) is 31.5 Å². The van der Waals surface area contributed by atoms with E-state index >= 15 is 0 Å². The number of rotatable bonds is 6. The van der Waals surface area contributed by atoms with E-state index in [1.165, 1.54) is 6.42 Å². The van der Waals surface area contributed by atoms with Crippen LogP contribution in [0.4, 0.5) is 10.6 Å². The number of piperidine rings is 1. The third-order valence-electron chi connectivity index (χ3n) is 6.68. The van der Waals surface area contributed by atoms with Crippen molar-refractivity contribution in [2.45, 2.75) is 44.2 Å². The average Bonchev–Trinajstić information content (AvgIpc) is 3.28. The van der Waals surface area contributed by atoms with E-state index in [-0.39, 0.29) is 11.7 Å². The number of likely N-dealkylation sites (N-methyl/N-ethyl adjacent to an activating group) is 1. The van der Waals surface area contributed by atoms with Gasteiger partial charge >= 0.3 is 6.09 Å². The highest BCUT2D eigenvalue weighted by Crippen LogP contribution is 2.34. The van der Waals surface area contributed by atoms with Crippen molar-refractivity contribution in [2.24, 2.45) is 0 Å². The first-order valence-corrected chi connectivity index (χ1v) is 10.9. The number of aryl methyl sites for hydroxylation is 1. The lowest BCUT2D eigenvalue weighted by Gasteiger charge is -2.38. The van der Waals surface area contributed by atoms with Gasteiger partial charge in [-0.3, -0.25) is 0 Å². The number of nitrogens with zero attached hydrogens (tertiary/aromatic N) is 6. The maximum Gasteiger partial charge on any atom is 0.410 e. The highest BCUT2D eigenvalue weighted by Gasteiger charge is 2.46. The van der Waals surface area contributed by atoms with Gasteiger partial charge in [0.25, 0.3) is 0 Å². The van der Waals surface area contributed by atoms with Crippen LogP contribution in [0.5, 0.6) is 0 Å². The Bertz CT molecular complexity index is 719. The van der Waals surface area contributed by atoms with Crippen LogP contribution in [0.2, 0.25) is 0 Å². The minimum atomic E-state index is -0.320. The Balaban J connectivity index is 1.23. The van der Waals surface area contributed by atoms with Gasteiger partial charge in [0, 0.05) is 51.3 Å². The number of hydrogen-bond donors (Lipinski definition) is 0. The predicted molar refractivity (Wildman–Crippen MR) is 112 cm³/mol. The summed E-state index contributed by atoms with van der Waals surface area (Å²) < 4.78 is 5.89. The molecule has 0 N–H and O–H groups in total. The summed E-state index contributed by atoms with van der Waals surface area (Å²) in [7, 11) is 4.32. The lowest BCUT2D eigenvalue weighted by atomic mass is 9.91. The Morgan fingerprint density at radius 3 is 2.72 bits per heavy atom. The van der Waals surface area contributed by atoms with E-state index in [1.807, 2.05) is 17.9 Å². The summed E-state index contributed by atoms with van der Waals surface area (Å²) in [6.45, 7) is 8.50. The summed E-state index contributed by atoms with van der Waals surface area (Å²) in [5, 5.41) is 0. The fourth-order valence-electron chi connectivity index (χ4n) is 4.81. The summed E-state index contributed by atoms with van der Waals surface area (Å²) in [6, 6.07) is 2.62. The number of carbonyl (C=O) groups excluding carboxylic acids is 1. The number of likely N-dealkylation sites (tertiary alicyclic amines) is 1. The molecule has 0 aromatic carbocycles. The topological polar surface area (TPSA) is 65.0 Å².